The highest BCUT2D eigenvalue weighted by Gasteiger charge is 2.14. The normalized spacial score (nSPS) is 12.5. The van der Waals surface area contributed by atoms with E-state index in [1.54, 1.807) is 10.7 Å². The molecule has 5 nitrogen and oxygen atoms in total. The molecule has 2 heterocycles. The quantitative estimate of drug-likeness (QED) is 0.751. The van der Waals surface area contributed by atoms with Crippen LogP contribution in [0.25, 0.3) is 16.9 Å². The van der Waals surface area contributed by atoms with Gasteiger partial charge in [-0.15, -0.1) is 0 Å². The minimum Gasteiger partial charge on any atom is -0.394 e. The molecule has 2 aromatic heterocycles. The van der Waals surface area contributed by atoms with Crippen LogP contribution in [0.4, 0.5) is 5.82 Å². The van der Waals surface area contributed by atoms with Crippen molar-refractivity contribution in [2.45, 2.75) is 26.3 Å². The van der Waals surface area contributed by atoms with Crippen LogP contribution in [0.2, 0.25) is 5.02 Å². The summed E-state index contributed by atoms with van der Waals surface area (Å²) in [5.74, 6) is 0.791. The van der Waals surface area contributed by atoms with E-state index in [0.29, 0.717) is 5.02 Å². The Balaban J connectivity index is 2.17. The average Bonchev–Trinajstić information content (AvgIpc) is 2.94. The van der Waals surface area contributed by atoms with Crippen molar-refractivity contribution in [3.63, 3.8) is 0 Å². The molecule has 2 N–H and O–H groups in total. The zero-order valence-electron chi connectivity index (χ0n) is 13.1. The van der Waals surface area contributed by atoms with Crippen molar-refractivity contribution in [2.24, 2.45) is 0 Å². The molecule has 0 saturated carbocycles. The summed E-state index contributed by atoms with van der Waals surface area (Å²) >= 11 is 6.31. The topological polar surface area (TPSA) is 62.5 Å². The van der Waals surface area contributed by atoms with E-state index in [0.717, 1.165) is 34.7 Å². The Bertz CT molecular complexity index is 827. The fourth-order valence-electron chi connectivity index (χ4n) is 2.47. The second-order valence-corrected chi connectivity index (χ2v) is 5.91. The van der Waals surface area contributed by atoms with Crippen LogP contribution >= 0.6 is 11.6 Å². The number of rotatable bonds is 5. The first kappa shape index (κ1) is 15.8. The van der Waals surface area contributed by atoms with Crippen molar-refractivity contribution in [3.8, 4) is 11.3 Å². The van der Waals surface area contributed by atoms with Gasteiger partial charge in [-0.25, -0.2) is 4.98 Å². The summed E-state index contributed by atoms with van der Waals surface area (Å²) in [6.07, 6.45) is 2.59. The standard InChI is InChI=1S/C17H19ClN4O/c1-3-12(10-23)20-16-8-15(13-6-4-5-7-14(13)18)21-17-11(2)9-19-22(16)17/h4-9,12,20,23H,3,10H2,1-2H3/t12-/m1/s1. The molecule has 0 unspecified atom stereocenters. The molecule has 0 fully saturated rings. The van der Waals surface area contributed by atoms with E-state index in [9.17, 15) is 5.11 Å². The lowest BCUT2D eigenvalue weighted by Gasteiger charge is -2.17. The number of fused-ring (bicyclic) bond motifs is 1. The molecule has 0 aliphatic heterocycles. The van der Waals surface area contributed by atoms with Crippen LogP contribution in [0, 0.1) is 6.92 Å². The second-order valence-electron chi connectivity index (χ2n) is 5.50. The molecule has 0 amide bonds. The fourth-order valence-corrected chi connectivity index (χ4v) is 2.70. The molecule has 1 aromatic carbocycles. The van der Waals surface area contributed by atoms with Gasteiger partial charge in [-0.3, -0.25) is 0 Å². The number of aromatic nitrogens is 3. The molecule has 0 radical (unpaired) electrons. The first-order valence-electron chi connectivity index (χ1n) is 7.61. The molecule has 1 atom stereocenters. The number of aryl methyl sites for hydroxylation is 1. The van der Waals surface area contributed by atoms with E-state index in [1.165, 1.54) is 0 Å². The molecular formula is C17H19ClN4O. The van der Waals surface area contributed by atoms with Gasteiger partial charge >= 0.3 is 0 Å². The fraction of sp³-hybridized carbons (Fsp3) is 0.294. The number of benzene rings is 1. The first-order chi connectivity index (χ1) is 11.1. The molecule has 0 aliphatic carbocycles. The number of aliphatic hydroxyl groups is 1. The highest BCUT2D eigenvalue weighted by atomic mass is 35.5. The second kappa shape index (κ2) is 6.56. The summed E-state index contributed by atoms with van der Waals surface area (Å²) in [5.41, 5.74) is 3.41. The van der Waals surface area contributed by atoms with E-state index in [4.69, 9.17) is 16.6 Å². The summed E-state index contributed by atoms with van der Waals surface area (Å²) in [5, 5.41) is 17.8. The van der Waals surface area contributed by atoms with E-state index >= 15 is 0 Å². The highest BCUT2D eigenvalue weighted by molar-refractivity contribution is 6.33. The van der Waals surface area contributed by atoms with Crippen LogP contribution in [0.1, 0.15) is 18.9 Å². The first-order valence-corrected chi connectivity index (χ1v) is 7.99. The summed E-state index contributed by atoms with van der Waals surface area (Å²) in [6, 6.07) is 9.50. The molecule has 3 aromatic rings. The maximum absolute atomic E-state index is 9.47. The number of hydrogen-bond acceptors (Lipinski definition) is 4. The third kappa shape index (κ3) is 3.02. The van der Waals surface area contributed by atoms with Crippen molar-refractivity contribution in [1.82, 2.24) is 14.6 Å². The van der Waals surface area contributed by atoms with E-state index in [2.05, 4.69) is 10.4 Å². The van der Waals surface area contributed by atoms with Crippen molar-refractivity contribution in [3.05, 3.63) is 47.1 Å². The van der Waals surface area contributed by atoms with E-state index in [1.807, 2.05) is 44.2 Å². The van der Waals surface area contributed by atoms with Crippen molar-refractivity contribution >= 4 is 23.1 Å². The van der Waals surface area contributed by atoms with Gasteiger partial charge in [0.25, 0.3) is 0 Å². The van der Waals surface area contributed by atoms with Crippen LogP contribution in [-0.2, 0) is 0 Å². The molecule has 0 spiro atoms. The smallest absolute Gasteiger partial charge is 0.160 e. The summed E-state index contributed by atoms with van der Waals surface area (Å²) in [6.45, 7) is 4.05. The zero-order chi connectivity index (χ0) is 16.4. The van der Waals surface area contributed by atoms with Gasteiger partial charge in [-0.1, -0.05) is 36.7 Å². The van der Waals surface area contributed by atoms with Crippen LogP contribution in [0.15, 0.2) is 36.5 Å². The number of nitrogens with one attached hydrogen (secondary N) is 1. The molecule has 23 heavy (non-hydrogen) atoms. The third-order valence-corrected chi connectivity index (χ3v) is 4.19. The molecule has 120 valence electrons. The predicted molar refractivity (Wildman–Crippen MR) is 93.0 cm³/mol. The SMILES string of the molecule is CC[C@H](CO)Nc1cc(-c2ccccc2Cl)nc2c(C)cnn12. The number of nitrogens with zero attached hydrogens (tertiary/aromatic N) is 3. The van der Waals surface area contributed by atoms with Gasteiger partial charge in [0.15, 0.2) is 5.65 Å². The maximum atomic E-state index is 9.47. The van der Waals surface area contributed by atoms with Gasteiger partial charge in [0.05, 0.1) is 24.5 Å². The lowest BCUT2D eigenvalue weighted by atomic mass is 10.1. The molecule has 0 aliphatic rings. The molecule has 6 heteroatoms. The van der Waals surface area contributed by atoms with Crippen molar-refractivity contribution in [2.75, 3.05) is 11.9 Å². The highest BCUT2D eigenvalue weighted by Crippen LogP contribution is 2.29. The molecule has 0 saturated heterocycles. The lowest BCUT2D eigenvalue weighted by molar-refractivity contribution is 0.271. The van der Waals surface area contributed by atoms with E-state index < -0.39 is 0 Å². The number of anilines is 1. The predicted octanol–water partition coefficient (Wildman–Crippen LogP) is 3.54. The summed E-state index contributed by atoms with van der Waals surface area (Å²) < 4.78 is 1.76. The minimum absolute atomic E-state index is 0.0378. The van der Waals surface area contributed by atoms with Gasteiger partial charge in [0.2, 0.25) is 0 Å². The summed E-state index contributed by atoms with van der Waals surface area (Å²) in [4.78, 5) is 4.70. The van der Waals surface area contributed by atoms with Gasteiger partial charge in [-0.05, 0) is 19.4 Å². The van der Waals surface area contributed by atoms with Crippen molar-refractivity contribution in [1.29, 1.82) is 0 Å². The number of hydrogen-bond donors (Lipinski definition) is 2. The molecule has 3 rings (SSSR count). The Morgan fingerprint density at radius 3 is 2.83 bits per heavy atom. The maximum Gasteiger partial charge on any atom is 0.160 e. The lowest BCUT2D eigenvalue weighted by Crippen LogP contribution is -2.24. The Morgan fingerprint density at radius 1 is 1.35 bits per heavy atom. The Labute approximate surface area is 139 Å². The van der Waals surface area contributed by atoms with Crippen LogP contribution in [-0.4, -0.2) is 32.4 Å². The largest absolute Gasteiger partial charge is 0.394 e. The van der Waals surface area contributed by atoms with Gasteiger partial charge < -0.3 is 10.4 Å². The van der Waals surface area contributed by atoms with Crippen LogP contribution in [0.3, 0.4) is 0 Å². The number of aliphatic hydroxyl groups excluding tert-OH is 1. The Morgan fingerprint density at radius 2 is 2.13 bits per heavy atom. The molecular weight excluding hydrogens is 312 g/mol. The van der Waals surface area contributed by atoms with E-state index in [-0.39, 0.29) is 12.6 Å². The minimum atomic E-state index is -0.0378. The molecule has 0 bridgehead atoms. The van der Waals surface area contributed by atoms with Crippen LogP contribution in [0.5, 0.6) is 0 Å². The zero-order valence-corrected chi connectivity index (χ0v) is 13.9. The Kier molecular flexibility index (Phi) is 4.50. The van der Waals surface area contributed by atoms with Gasteiger partial charge in [0, 0.05) is 22.2 Å². The summed E-state index contributed by atoms with van der Waals surface area (Å²) in [7, 11) is 0. The number of halogens is 1. The Hall–Kier alpha value is -2.11. The van der Waals surface area contributed by atoms with Crippen molar-refractivity contribution < 1.29 is 5.11 Å². The van der Waals surface area contributed by atoms with Crippen LogP contribution < -0.4 is 5.32 Å². The average molecular weight is 331 g/mol. The monoisotopic (exact) mass is 330 g/mol. The van der Waals surface area contributed by atoms with Gasteiger partial charge in [-0.2, -0.15) is 9.61 Å². The third-order valence-electron chi connectivity index (χ3n) is 3.86. The van der Waals surface area contributed by atoms with Gasteiger partial charge in [0.1, 0.15) is 5.82 Å².